The van der Waals surface area contributed by atoms with Crippen molar-refractivity contribution in [3.05, 3.63) is 0 Å². The number of hydrazine groups is 1. The minimum Gasteiger partial charge on any atom is -0.238 e. The zero-order chi connectivity index (χ0) is 5.11. The third-order valence-electron chi connectivity index (χ3n) is 1.16. The third kappa shape index (κ3) is 1.90. The van der Waals surface area contributed by atoms with Gasteiger partial charge in [0.1, 0.15) is 0 Å². The maximum atomic E-state index is 3.10. The van der Waals surface area contributed by atoms with Crippen molar-refractivity contribution >= 4 is 0 Å². The average molecular weight is 100 g/mol. The first kappa shape index (κ1) is 5.06. The van der Waals surface area contributed by atoms with Gasteiger partial charge in [-0.05, 0) is 6.42 Å². The Balaban J connectivity index is 1.80. The highest BCUT2D eigenvalue weighted by Gasteiger charge is 2.12. The molecule has 0 bridgehead atoms. The van der Waals surface area contributed by atoms with E-state index in [1.165, 1.54) is 19.4 Å². The molecular weight excluding hydrogens is 88.1 g/mol. The molecule has 1 heterocycles. The lowest BCUT2D eigenvalue weighted by Gasteiger charge is -1.91. The van der Waals surface area contributed by atoms with E-state index < -0.39 is 0 Å². The van der Waals surface area contributed by atoms with Crippen LogP contribution < -0.4 is 5.43 Å². The zero-order valence-corrected chi connectivity index (χ0v) is 4.78. The van der Waals surface area contributed by atoms with E-state index in [2.05, 4.69) is 17.4 Å². The molecule has 1 N–H and O–H groups in total. The lowest BCUT2D eigenvalue weighted by molar-refractivity contribution is 0.491. The Morgan fingerprint density at radius 3 is 2.86 bits per heavy atom. The summed E-state index contributed by atoms with van der Waals surface area (Å²) in [7, 11) is 0. The molecule has 0 amide bonds. The van der Waals surface area contributed by atoms with Crippen molar-refractivity contribution in [3.63, 3.8) is 0 Å². The van der Waals surface area contributed by atoms with Crippen LogP contribution in [0.1, 0.15) is 19.8 Å². The molecule has 7 heavy (non-hydrogen) atoms. The molecular formula is C5H12N2. The van der Waals surface area contributed by atoms with Gasteiger partial charge in [0.05, 0.1) is 6.67 Å². The van der Waals surface area contributed by atoms with Crippen LogP contribution in [0.2, 0.25) is 0 Å². The summed E-state index contributed by atoms with van der Waals surface area (Å²) >= 11 is 0. The lowest BCUT2D eigenvalue weighted by Crippen LogP contribution is -2.00. The van der Waals surface area contributed by atoms with Crippen molar-refractivity contribution in [1.29, 1.82) is 0 Å². The summed E-state index contributed by atoms with van der Waals surface area (Å²) in [6.45, 7) is 4.56. The largest absolute Gasteiger partial charge is 0.238 e. The molecule has 1 aliphatic heterocycles. The quantitative estimate of drug-likeness (QED) is 0.524. The van der Waals surface area contributed by atoms with Crippen LogP contribution in [-0.4, -0.2) is 18.2 Å². The number of nitrogens with zero attached hydrogens (tertiary/aromatic N) is 1. The Kier molecular flexibility index (Phi) is 1.65. The predicted molar refractivity (Wildman–Crippen MR) is 29.6 cm³/mol. The minimum atomic E-state index is 1.11. The van der Waals surface area contributed by atoms with Gasteiger partial charge in [-0.2, -0.15) is 0 Å². The molecule has 1 atom stereocenters. The van der Waals surface area contributed by atoms with Gasteiger partial charge in [0, 0.05) is 6.54 Å². The Bertz CT molecular complexity index is 50.0. The molecule has 0 spiro atoms. The molecule has 0 aliphatic carbocycles. The molecule has 2 nitrogen and oxygen atoms in total. The van der Waals surface area contributed by atoms with E-state index in [0.29, 0.717) is 0 Å². The van der Waals surface area contributed by atoms with E-state index in [1.54, 1.807) is 0 Å². The van der Waals surface area contributed by atoms with Gasteiger partial charge >= 0.3 is 0 Å². The molecule has 42 valence electrons. The summed E-state index contributed by atoms with van der Waals surface area (Å²) in [5.74, 6) is 0. The van der Waals surface area contributed by atoms with Gasteiger partial charge in [-0.25, -0.2) is 10.4 Å². The number of nitrogens with one attached hydrogen (secondary N) is 1. The van der Waals surface area contributed by atoms with Crippen molar-refractivity contribution in [3.8, 4) is 0 Å². The van der Waals surface area contributed by atoms with Crippen LogP contribution in [0, 0.1) is 0 Å². The average Bonchev–Trinajstić information content (AvgIpc) is 2.42. The maximum Gasteiger partial charge on any atom is 0.0754 e. The van der Waals surface area contributed by atoms with Crippen molar-refractivity contribution in [2.75, 3.05) is 13.2 Å². The molecule has 0 aromatic carbocycles. The first-order valence-electron chi connectivity index (χ1n) is 2.92. The van der Waals surface area contributed by atoms with Crippen molar-refractivity contribution in [2.45, 2.75) is 19.8 Å². The van der Waals surface area contributed by atoms with Gasteiger partial charge in [-0.15, -0.1) is 0 Å². The van der Waals surface area contributed by atoms with Crippen LogP contribution in [0.25, 0.3) is 0 Å². The van der Waals surface area contributed by atoms with Crippen molar-refractivity contribution in [2.24, 2.45) is 0 Å². The van der Waals surface area contributed by atoms with Crippen molar-refractivity contribution < 1.29 is 0 Å². The number of rotatable bonds is 3. The second kappa shape index (κ2) is 2.28. The molecule has 1 rings (SSSR count). The van der Waals surface area contributed by atoms with Gasteiger partial charge in [0.2, 0.25) is 0 Å². The minimum absolute atomic E-state index is 1.11. The summed E-state index contributed by atoms with van der Waals surface area (Å²) in [4.78, 5) is 0. The Morgan fingerprint density at radius 1 is 1.71 bits per heavy atom. The van der Waals surface area contributed by atoms with E-state index in [0.717, 1.165) is 6.67 Å². The van der Waals surface area contributed by atoms with E-state index in [1.807, 2.05) is 0 Å². The normalized spacial score (nSPS) is 27.9. The van der Waals surface area contributed by atoms with Crippen LogP contribution >= 0.6 is 0 Å². The second-order valence-electron chi connectivity index (χ2n) is 1.93. The Labute approximate surface area is 44.5 Å². The summed E-state index contributed by atoms with van der Waals surface area (Å²) in [6, 6.07) is 0. The highest BCUT2D eigenvalue weighted by molar-refractivity contribution is 4.58. The van der Waals surface area contributed by atoms with E-state index in [9.17, 15) is 0 Å². The van der Waals surface area contributed by atoms with E-state index >= 15 is 0 Å². The van der Waals surface area contributed by atoms with Crippen LogP contribution in [0.15, 0.2) is 0 Å². The molecule has 1 fully saturated rings. The maximum absolute atomic E-state index is 3.10. The van der Waals surface area contributed by atoms with Crippen LogP contribution in [-0.2, 0) is 0 Å². The Hall–Kier alpha value is -0.0800. The van der Waals surface area contributed by atoms with Gasteiger partial charge in [-0.1, -0.05) is 13.3 Å². The van der Waals surface area contributed by atoms with Gasteiger partial charge < -0.3 is 0 Å². The standard InChI is InChI=1S/C5H12N2/c1-2-3-4-7-5-6-7/h6H,2-5H2,1H3. The van der Waals surface area contributed by atoms with Crippen LogP contribution in [0.5, 0.6) is 0 Å². The zero-order valence-electron chi connectivity index (χ0n) is 4.78. The summed E-state index contributed by atoms with van der Waals surface area (Å²) in [6.07, 6.45) is 2.63. The fourth-order valence-electron chi connectivity index (χ4n) is 0.557. The van der Waals surface area contributed by atoms with Gasteiger partial charge in [-0.3, -0.25) is 0 Å². The molecule has 1 unspecified atom stereocenters. The highest BCUT2D eigenvalue weighted by Crippen LogP contribution is 1.96. The van der Waals surface area contributed by atoms with Crippen molar-refractivity contribution in [1.82, 2.24) is 10.4 Å². The number of hydrogen-bond donors (Lipinski definition) is 1. The molecule has 0 aromatic rings. The monoisotopic (exact) mass is 100 g/mol. The highest BCUT2D eigenvalue weighted by atomic mass is 15.7. The smallest absolute Gasteiger partial charge is 0.0754 e. The van der Waals surface area contributed by atoms with E-state index in [4.69, 9.17) is 0 Å². The number of hydrogen-bond acceptors (Lipinski definition) is 2. The summed E-state index contributed by atoms with van der Waals surface area (Å²) < 4.78 is 0. The number of unbranched alkanes of at least 4 members (excludes halogenated alkanes) is 1. The lowest BCUT2D eigenvalue weighted by atomic mass is 10.3. The molecule has 2 heteroatoms. The Morgan fingerprint density at radius 2 is 2.43 bits per heavy atom. The van der Waals surface area contributed by atoms with E-state index in [-0.39, 0.29) is 0 Å². The van der Waals surface area contributed by atoms with Crippen LogP contribution in [0.3, 0.4) is 0 Å². The molecule has 0 radical (unpaired) electrons. The van der Waals surface area contributed by atoms with Crippen LogP contribution in [0.4, 0.5) is 0 Å². The third-order valence-corrected chi connectivity index (χ3v) is 1.16. The fourth-order valence-corrected chi connectivity index (χ4v) is 0.557. The fraction of sp³-hybridized carbons (Fsp3) is 1.00. The molecule has 1 aliphatic rings. The first-order valence-corrected chi connectivity index (χ1v) is 2.92. The second-order valence-corrected chi connectivity index (χ2v) is 1.93. The summed E-state index contributed by atoms with van der Waals surface area (Å²) in [5.41, 5.74) is 3.10. The van der Waals surface area contributed by atoms with Gasteiger partial charge in [0.15, 0.2) is 0 Å². The predicted octanol–water partition coefficient (Wildman–Crippen LogP) is 0.564. The topological polar surface area (TPSA) is 25.0 Å². The SMILES string of the molecule is CCCCN1CN1. The molecule has 1 saturated heterocycles. The summed E-state index contributed by atoms with van der Waals surface area (Å²) in [5, 5.41) is 2.21. The molecule has 0 aromatic heterocycles. The molecule has 0 saturated carbocycles. The van der Waals surface area contributed by atoms with Gasteiger partial charge in [0.25, 0.3) is 0 Å². The first-order chi connectivity index (χ1) is 3.43.